The minimum absolute atomic E-state index is 0.733. The van der Waals surface area contributed by atoms with Crippen molar-refractivity contribution >= 4 is 0 Å². The van der Waals surface area contributed by atoms with E-state index < -0.39 is 0 Å². The average Bonchev–Trinajstić information content (AvgIpc) is 2.64. The first kappa shape index (κ1) is 9.59. The molecule has 0 aliphatic carbocycles. The molecule has 1 saturated heterocycles. The fourth-order valence-corrected chi connectivity index (χ4v) is 1.82. The molecule has 0 radical (unpaired) electrons. The molecule has 1 aromatic heterocycles. The predicted octanol–water partition coefficient (Wildman–Crippen LogP) is 1.25. The lowest BCUT2D eigenvalue weighted by atomic mass is 10.0. The van der Waals surface area contributed by atoms with E-state index in [4.69, 9.17) is 0 Å². The second kappa shape index (κ2) is 4.05. The highest BCUT2D eigenvalue weighted by atomic mass is 14.9. The standard InChI is InChI=1S/C11H17N3/c1-8-6-13-11(14-9(8)2)5-10-3-4-12-7-10/h6,10,12H,3-5,7H2,1-2H3. The Morgan fingerprint density at radius 2 is 2.36 bits per heavy atom. The number of rotatable bonds is 2. The van der Waals surface area contributed by atoms with Crippen LogP contribution in [0.3, 0.4) is 0 Å². The lowest BCUT2D eigenvalue weighted by Gasteiger charge is -2.07. The van der Waals surface area contributed by atoms with Crippen LogP contribution in [0.25, 0.3) is 0 Å². The van der Waals surface area contributed by atoms with E-state index in [0.29, 0.717) is 0 Å². The van der Waals surface area contributed by atoms with Gasteiger partial charge >= 0.3 is 0 Å². The van der Waals surface area contributed by atoms with Crippen molar-refractivity contribution in [3.05, 3.63) is 23.3 Å². The summed E-state index contributed by atoms with van der Waals surface area (Å²) in [6.07, 6.45) is 4.21. The molecule has 0 amide bonds. The number of hydrogen-bond acceptors (Lipinski definition) is 3. The van der Waals surface area contributed by atoms with Gasteiger partial charge in [-0.1, -0.05) is 0 Å². The van der Waals surface area contributed by atoms with Gasteiger partial charge in [-0.2, -0.15) is 0 Å². The lowest BCUT2D eigenvalue weighted by molar-refractivity contribution is 0.560. The van der Waals surface area contributed by atoms with Gasteiger partial charge in [-0.3, -0.25) is 0 Å². The average molecular weight is 191 g/mol. The van der Waals surface area contributed by atoms with E-state index in [9.17, 15) is 0 Å². The maximum atomic E-state index is 4.50. The van der Waals surface area contributed by atoms with Crippen molar-refractivity contribution in [3.63, 3.8) is 0 Å². The topological polar surface area (TPSA) is 37.8 Å². The van der Waals surface area contributed by atoms with Gasteiger partial charge in [-0.05, 0) is 44.8 Å². The Kier molecular flexibility index (Phi) is 2.77. The van der Waals surface area contributed by atoms with E-state index in [2.05, 4.69) is 22.2 Å². The molecule has 2 rings (SSSR count). The van der Waals surface area contributed by atoms with E-state index >= 15 is 0 Å². The molecule has 1 fully saturated rings. The summed E-state index contributed by atoms with van der Waals surface area (Å²) < 4.78 is 0. The third-order valence-electron chi connectivity index (χ3n) is 2.91. The first-order valence-corrected chi connectivity index (χ1v) is 5.25. The molecule has 0 spiro atoms. The summed E-state index contributed by atoms with van der Waals surface area (Å²) in [7, 11) is 0. The fourth-order valence-electron chi connectivity index (χ4n) is 1.82. The summed E-state index contributed by atoms with van der Waals surface area (Å²) in [5.74, 6) is 1.74. The van der Waals surface area contributed by atoms with Crippen molar-refractivity contribution < 1.29 is 0 Å². The number of hydrogen-bond donors (Lipinski definition) is 1. The molecule has 0 saturated carbocycles. The Morgan fingerprint density at radius 1 is 1.50 bits per heavy atom. The molecule has 0 aromatic carbocycles. The molecule has 3 nitrogen and oxygen atoms in total. The molecular formula is C11H17N3. The largest absolute Gasteiger partial charge is 0.316 e. The fraction of sp³-hybridized carbons (Fsp3) is 0.636. The zero-order chi connectivity index (χ0) is 9.97. The van der Waals surface area contributed by atoms with Crippen LogP contribution in [0.15, 0.2) is 6.20 Å². The van der Waals surface area contributed by atoms with Gasteiger partial charge in [0.25, 0.3) is 0 Å². The van der Waals surface area contributed by atoms with Gasteiger partial charge in [0, 0.05) is 18.3 Å². The van der Waals surface area contributed by atoms with Crippen LogP contribution in [0.2, 0.25) is 0 Å². The smallest absolute Gasteiger partial charge is 0.128 e. The predicted molar refractivity (Wildman–Crippen MR) is 56.2 cm³/mol. The van der Waals surface area contributed by atoms with Crippen LogP contribution >= 0.6 is 0 Å². The van der Waals surface area contributed by atoms with Gasteiger partial charge in [0.15, 0.2) is 0 Å². The second-order valence-corrected chi connectivity index (χ2v) is 4.12. The Labute approximate surface area is 85.0 Å². The quantitative estimate of drug-likeness (QED) is 0.764. The van der Waals surface area contributed by atoms with Crippen LogP contribution in [0.1, 0.15) is 23.5 Å². The molecule has 14 heavy (non-hydrogen) atoms. The molecule has 76 valence electrons. The zero-order valence-corrected chi connectivity index (χ0v) is 8.88. The maximum absolute atomic E-state index is 4.50. The van der Waals surface area contributed by atoms with Gasteiger partial charge < -0.3 is 5.32 Å². The van der Waals surface area contributed by atoms with Gasteiger partial charge in [0.05, 0.1) is 0 Å². The van der Waals surface area contributed by atoms with E-state index in [-0.39, 0.29) is 0 Å². The highest BCUT2D eigenvalue weighted by molar-refractivity contribution is 5.13. The molecule has 1 atom stereocenters. The molecule has 1 aromatic rings. The van der Waals surface area contributed by atoms with Gasteiger partial charge in [0.2, 0.25) is 0 Å². The van der Waals surface area contributed by atoms with Crippen LogP contribution in [0.4, 0.5) is 0 Å². The second-order valence-electron chi connectivity index (χ2n) is 4.12. The Morgan fingerprint density at radius 3 is 3.00 bits per heavy atom. The van der Waals surface area contributed by atoms with Crippen molar-refractivity contribution in [1.29, 1.82) is 0 Å². The summed E-state index contributed by atoms with van der Waals surface area (Å²) in [6.45, 7) is 6.37. The highest BCUT2D eigenvalue weighted by Crippen LogP contribution is 2.13. The molecule has 1 aliphatic heterocycles. The van der Waals surface area contributed by atoms with Crippen molar-refractivity contribution in [2.45, 2.75) is 26.7 Å². The van der Waals surface area contributed by atoms with E-state index in [0.717, 1.165) is 36.9 Å². The van der Waals surface area contributed by atoms with Crippen LogP contribution in [0, 0.1) is 19.8 Å². The van der Waals surface area contributed by atoms with E-state index in [1.54, 1.807) is 0 Å². The molecule has 3 heteroatoms. The molecule has 0 bridgehead atoms. The number of aryl methyl sites for hydroxylation is 2. The van der Waals surface area contributed by atoms with Crippen molar-refractivity contribution in [3.8, 4) is 0 Å². The minimum Gasteiger partial charge on any atom is -0.316 e. The number of nitrogens with one attached hydrogen (secondary N) is 1. The maximum Gasteiger partial charge on any atom is 0.128 e. The van der Waals surface area contributed by atoms with Crippen molar-refractivity contribution in [2.24, 2.45) is 5.92 Å². The van der Waals surface area contributed by atoms with Gasteiger partial charge in [-0.15, -0.1) is 0 Å². The lowest BCUT2D eigenvalue weighted by Crippen LogP contribution is -2.12. The summed E-state index contributed by atoms with van der Waals surface area (Å²) in [5, 5.41) is 3.36. The van der Waals surface area contributed by atoms with Gasteiger partial charge in [-0.25, -0.2) is 9.97 Å². The Balaban J connectivity index is 2.05. The van der Waals surface area contributed by atoms with Crippen LogP contribution < -0.4 is 5.32 Å². The third kappa shape index (κ3) is 2.10. The zero-order valence-electron chi connectivity index (χ0n) is 8.88. The SMILES string of the molecule is Cc1cnc(CC2CCNC2)nc1C. The molecular weight excluding hydrogens is 174 g/mol. The summed E-state index contributed by atoms with van der Waals surface area (Å²) in [6, 6.07) is 0. The third-order valence-corrected chi connectivity index (χ3v) is 2.91. The Bertz CT molecular complexity index is 316. The van der Waals surface area contributed by atoms with Crippen molar-refractivity contribution in [1.82, 2.24) is 15.3 Å². The first-order chi connectivity index (χ1) is 6.75. The number of nitrogens with zero attached hydrogens (tertiary/aromatic N) is 2. The summed E-state index contributed by atoms with van der Waals surface area (Å²) >= 11 is 0. The van der Waals surface area contributed by atoms with Crippen LogP contribution in [-0.4, -0.2) is 23.1 Å². The van der Waals surface area contributed by atoms with E-state index in [1.807, 2.05) is 13.1 Å². The monoisotopic (exact) mass is 191 g/mol. The van der Waals surface area contributed by atoms with Crippen LogP contribution in [0.5, 0.6) is 0 Å². The molecule has 2 heterocycles. The van der Waals surface area contributed by atoms with Crippen LogP contribution in [-0.2, 0) is 6.42 Å². The van der Waals surface area contributed by atoms with Gasteiger partial charge in [0.1, 0.15) is 5.82 Å². The van der Waals surface area contributed by atoms with Crippen molar-refractivity contribution in [2.75, 3.05) is 13.1 Å². The highest BCUT2D eigenvalue weighted by Gasteiger charge is 2.16. The molecule has 1 aliphatic rings. The summed E-state index contributed by atoms with van der Waals surface area (Å²) in [4.78, 5) is 8.86. The Hall–Kier alpha value is -0.960. The molecule has 1 N–H and O–H groups in total. The van der Waals surface area contributed by atoms with E-state index in [1.165, 1.54) is 12.0 Å². The normalized spacial score (nSPS) is 21.4. The molecule has 1 unspecified atom stereocenters. The number of aromatic nitrogens is 2. The first-order valence-electron chi connectivity index (χ1n) is 5.25. The summed E-state index contributed by atoms with van der Waals surface area (Å²) in [5.41, 5.74) is 2.29. The minimum atomic E-state index is 0.733.